The maximum Gasteiger partial charge on any atom is 0.246 e. The molecule has 4 aromatic rings. The van der Waals surface area contributed by atoms with Gasteiger partial charge in [0.25, 0.3) is 0 Å². The molecule has 0 bridgehead atoms. The smallest absolute Gasteiger partial charge is 0.246 e. The Bertz CT molecular complexity index is 1250. The van der Waals surface area contributed by atoms with E-state index in [4.69, 9.17) is 5.10 Å². The number of nitrogens with zero attached hydrogens (tertiary/aromatic N) is 7. The molecule has 0 aliphatic carbocycles. The van der Waals surface area contributed by atoms with E-state index in [0.29, 0.717) is 38.7 Å². The van der Waals surface area contributed by atoms with Gasteiger partial charge in [0.05, 0.1) is 6.54 Å². The molecule has 3 aromatic heterocycles. The third-order valence-corrected chi connectivity index (χ3v) is 5.74. The van der Waals surface area contributed by atoms with Crippen LogP contribution < -0.4 is 4.90 Å². The van der Waals surface area contributed by atoms with Crippen LogP contribution in [0, 0.1) is 0 Å². The highest BCUT2D eigenvalue weighted by Gasteiger charge is 2.21. The van der Waals surface area contributed by atoms with Gasteiger partial charge in [-0.15, -0.1) is 0 Å². The van der Waals surface area contributed by atoms with Crippen LogP contribution in [0.1, 0.15) is 11.1 Å². The van der Waals surface area contributed by atoms with Gasteiger partial charge in [-0.2, -0.15) is 5.10 Å². The van der Waals surface area contributed by atoms with E-state index in [2.05, 4.69) is 32.0 Å². The summed E-state index contributed by atoms with van der Waals surface area (Å²) in [5, 5.41) is 4.79. The van der Waals surface area contributed by atoms with E-state index in [9.17, 15) is 4.79 Å². The molecular weight excluding hydrogens is 426 g/mol. The Labute approximate surface area is 198 Å². The van der Waals surface area contributed by atoms with Gasteiger partial charge in [0, 0.05) is 74.4 Å². The average Bonchev–Trinajstić information content (AvgIpc) is 3.31. The summed E-state index contributed by atoms with van der Waals surface area (Å²) in [5.74, 6) is 0.693. The van der Waals surface area contributed by atoms with E-state index in [0.717, 1.165) is 22.4 Å². The highest BCUT2D eigenvalue weighted by molar-refractivity contribution is 5.93. The van der Waals surface area contributed by atoms with Crippen molar-refractivity contribution in [1.29, 1.82) is 0 Å². The van der Waals surface area contributed by atoms with Gasteiger partial charge in [0.2, 0.25) is 11.9 Å². The van der Waals surface area contributed by atoms with Crippen LogP contribution in [0.4, 0.5) is 5.95 Å². The number of carbonyl (C=O) groups is 1. The van der Waals surface area contributed by atoms with E-state index >= 15 is 0 Å². The predicted octanol–water partition coefficient (Wildman–Crippen LogP) is 3.15. The molecule has 0 atom stereocenters. The summed E-state index contributed by atoms with van der Waals surface area (Å²) in [4.78, 5) is 29.7. The lowest BCUT2D eigenvalue weighted by Crippen LogP contribution is -2.48. The zero-order valence-corrected chi connectivity index (χ0v) is 18.7. The van der Waals surface area contributed by atoms with Crippen molar-refractivity contribution in [2.75, 3.05) is 31.1 Å². The monoisotopic (exact) mass is 451 g/mol. The first-order valence-electron chi connectivity index (χ1n) is 11.3. The molecule has 0 spiro atoms. The van der Waals surface area contributed by atoms with E-state index in [-0.39, 0.29) is 5.91 Å². The average molecular weight is 452 g/mol. The Balaban J connectivity index is 1.30. The quantitative estimate of drug-likeness (QED) is 0.419. The van der Waals surface area contributed by atoms with Gasteiger partial charge in [-0.25, -0.2) is 9.97 Å². The van der Waals surface area contributed by atoms with Crippen LogP contribution in [0.25, 0.3) is 17.3 Å². The number of pyridine rings is 1. The van der Waals surface area contributed by atoms with Gasteiger partial charge >= 0.3 is 0 Å². The van der Waals surface area contributed by atoms with Crippen molar-refractivity contribution in [2.45, 2.75) is 6.54 Å². The molecule has 8 heteroatoms. The molecule has 0 unspecified atom stereocenters. The van der Waals surface area contributed by atoms with Gasteiger partial charge in [0.15, 0.2) is 0 Å². The van der Waals surface area contributed by atoms with Crippen LogP contribution in [-0.4, -0.2) is 61.7 Å². The van der Waals surface area contributed by atoms with Crippen LogP contribution in [-0.2, 0) is 11.3 Å². The van der Waals surface area contributed by atoms with E-state index in [1.807, 2.05) is 52.2 Å². The molecule has 170 valence electrons. The summed E-state index contributed by atoms with van der Waals surface area (Å²) < 4.78 is 1.90. The number of amides is 1. The number of hydrogen-bond acceptors (Lipinski definition) is 6. The maximum atomic E-state index is 12.9. The van der Waals surface area contributed by atoms with Gasteiger partial charge in [-0.05, 0) is 29.8 Å². The van der Waals surface area contributed by atoms with Crippen molar-refractivity contribution in [3.8, 4) is 11.3 Å². The van der Waals surface area contributed by atoms with Gasteiger partial charge in [0.1, 0.15) is 5.69 Å². The van der Waals surface area contributed by atoms with Crippen LogP contribution in [0.2, 0.25) is 0 Å². The Hall–Kier alpha value is -4.33. The molecule has 0 saturated carbocycles. The topological polar surface area (TPSA) is 80.0 Å². The fraction of sp³-hybridized carbons (Fsp3) is 0.192. The number of carbonyl (C=O) groups excluding carboxylic acids is 1. The summed E-state index contributed by atoms with van der Waals surface area (Å²) in [6.07, 6.45) is 12.5. The third kappa shape index (κ3) is 5.01. The predicted molar refractivity (Wildman–Crippen MR) is 131 cm³/mol. The van der Waals surface area contributed by atoms with E-state index in [1.54, 1.807) is 36.9 Å². The van der Waals surface area contributed by atoms with Crippen molar-refractivity contribution in [2.24, 2.45) is 0 Å². The summed E-state index contributed by atoms with van der Waals surface area (Å²) in [5.41, 5.74) is 3.76. The number of aromatic nitrogens is 5. The van der Waals surface area contributed by atoms with Crippen LogP contribution in [0.5, 0.6) is 0 Å². The Morgan fingerprint density at radius 2 is 1.71 bits per heavy atom. The molecule has 5 rings (SSSR count). The summed E-state index contributed by atoms with van der Waals surface area (Å²) in [6.45, 7) is 3.33. The highest BCUT2D eigenvalue weighted by atomic mass is 16.2. The lowest BCUT2D eigenvalue weighted by Gasteiger charge is -2.34. The second-order valence-corrected chi connectivity index (χ2v) is 8.05. The zero-order chi connectivity index (χ0) is 23.2. The lowest BCUT2D eigenvalue weighted by atomic mass is 10.1. The number of hydrogen-bond donors (Lipinski definition) is 0. The second kappa shape index (κ2) is 10.1. The molecule has 1 saturated heterocycles. The first-order chi connectivity index (χ1) is 16.8. The minimum absolute atomic E-state index is 0.0124. The third-order valence-electron chi connectivity index (χ3n) is 5.74. The molecule has 8 nitrogen and oxygen atoms in total. The lowest BCUT2D eigenvalue weighted by molar-refractivity contribution is -0.126. The SMILES string of the molecule is O=C(/C=C/c1cn(Cc2ccccc2)nc1-c1cccnc1)N1CCN(c2ncccn2)CC1. The fourth-order valence-corrected chi connectivity index (χ4v) is 3.99. The first kappa shape index (κ1) is 21.5. The van der Waals surface area contributed by atoms with Gasteiger partial charge in [-0.3, -0.25) is 14.5 Å². The molecule has 0 radical (unpaired) electrons. The minimum atomic E-state index is -0.0124. The molecule has 1 fully saturated rings. The number of rotatable bonds is 6. The molecule has 0 N–H and O–H groups in total. The molecule has 34 heavy (non-hydrogen) atoms. The van der Waals surface area contributed by atoms with Crippen LogP contribution in [0.3, 0.4) is 0 Å². The Kier molecular flexibility index (Phi) is 6.38. The van der Waals surface area contributed by atoms with Gasteiger partial charge < -0.3 is 9.80 Å². The highest BCUT2D eigenvalue weighted by Crippen LogP contribution is 2.23. The molecule has 1 aliphatic heterocycles. The summed E-state index contributed by atoms with van der Waals surface area (Å²) >= 11 is 0. The number of anilines is 1. The largest absolute Gasteiger partial charge is 0.337 e. The zero-order valence-electron chi connectivity index (χ0n) is 18.7. The molecule has 1 amide bonds. The van der Waals surface area contributed by atoms with Crippen molar-refractivity contribution >= 4 is 17.9 Å². The van der Waals surface area contributed by atoms with E-state index < -0.39 is 0 Å². The maximum absolute atomic E-state index is 12.9. The van der Waals surface area contributed by atoms with Crippen molar-refractivity contribution in [3.05, 3.63) is 96.7 Å². The summed E-state index contributed by atoms with van der Waals surface area (Å²) in [7, 11) is 0. The van der Waals surface area contributed by atoms with Crippen LogP contribution in [0.15, 0.2) is 85.6 Å². The second-order valence-electron chi connectivity index (χ2n) is 8.05. The van der Waals surface area contributed by atoms with Crippen molar-refractivity contribution in [1.82, 2.24) is 29.6 Å². The molecular formula is C26H25N7O. The van der Waals surface area contributed by atoms with Crippen molar-refractivity contribution in [3.63, 3.8) is 0 Å². The molecule has 1 aliphatic rings. The van der Waals surface area contributed by atoms with E-state index in [1.165, 1.54) is 0 Å². The normalized spacial score (nSPS) is 14.0. The first-order valence-corrected chi connectivity index (χ1v) is 11.3. The van der Waals surface area contributed by atoms with Crippen molar-refractivity contribution < 1.29 is 4.79 Å². The minimum Gasteiger partial charge on any atom is -0.337 e. The Morgan fingerprint density at radius 1 is 0.912 bits per heavy atom. The number of piperazine rings is 1. The number of benzene rings is 1. The molecule has 4 heterocycles. The standard InChI is InChI=1S/C26H25N7O/c34-24(31-14-16-32(17-15-31)26-28-12-5-13-29-26)10-9-23-20-33(19-21-6-2-1-3-7-21)30-25(23)22-8-4-11-27-18-22/h1-13,18,20H,14-17,19H2/b10-9+. The Morgan fingerprint density at radius 3 is 2.44 bits per heavy atom. The van der Waals surface area contributed by atoms with Crippen LogP contribution >= 0.6 is 0 Å². The molecule has 1 aromatic carbocycles. The summed E-state index contributed by atoms with van der Waals surface area (Å²) in [6, 6.07) is 15.9. The fourth-order valence-electron chi connectivity index (χ4n) is 3.99. The van der Waals surface area contributed by atoms with Gasteiger partial charge in [-0.1, -0.05) is 30.3 Å².